The zero-order valence-corrected chi connectivity index (χ0v) is 21.8. The Hall–Kier alpha value is -3.27. The lowest BCUT2D eigenvalue weighted by Crippen LogP contribution is -2.36. The van der Waals surface area contributed by atoms with Gasteiger partial charge in [0, 0.05) is 42.0 Å². The molecule has 2 saturated heterocycles. The van der Waals surface area contributed by atoms with Gasteiger partial charge in [0.15, 0.2) is 0 Å². The first-order chi connectivity index (χ1) is 18.5. The highest BCUT2D eigenvalue weighted by Crippen LogP contribution is 2.34. The molecule has 9 heteroatoms. The Morgan fingerprint density at radius 3 is 2.53 bits per heavy atom. The van der Waals surface area contributed by atoms with E-state index >= 15 is 8.78 Å². The lowest BCUT2D eigenvalue weighted by Gasteiger charge is -2.27. The van der Waals surface area contributed by atoms with Gasteiger partial charge in [-0.1, -0.05) is 12.1 Å². The summed E-state index contributed by atoms with van der Waals surface area (Å²) < 4.78 is 37.9. The van der Waals surface area contributed by atoms with E-state index in [1.54, 1.807) is 6.20 Å². The third kappa shape index (κ3) is 4.70. The standard InChI is InChI=1S/C29H32F2N6O/c1-18-28(19(2)37(35-18)21-6-8-32-9-7-21)27-16-33-26-5-3-4-22(29(26)34-27)20-14-24(30)23(25(31)15-20)17-36-10-12-38-13-11-36/h3-5,14-16,21,32H,6-13,17H2,1-2H3. The second-order valence-corrected chi connectivity index (χ2v) is 10.2. The summed E-state index contributed by atoms with van der Waals surface area (Å²) in [6.45, 7) is 8.74. The van der Waals surface area contributed by atoms with Crippen molar-refractivity contribution in [2.45, 2.75) is 39.3 Å². The number of morpholine rings is 1. The smallest absolute Gasteiger partial charge is 0.131 e. The van der Waals surface area contributed by atoms with Gasteiger partial charge in [-0.25, -0.2) is 13.8 Å². The minimum atomic E-state index is -0.553. The Bertz CT molecular complexity index is 1450. The Morgan fingerprint density at radius 2 is 1.79 bits per heavy atom. The van der Waals surface area contributed by atoms with E-state index in [0.29, 0.717) is 60.2 Å². The van der Waals surface area contributed by atoms with Crippen molar-refractivity contribution in [1.29, 1.82) is 0 Å². The summed E-state index contributed by atoms with van der Waals surface area (Å²) in [7, 11) is 0. The van der Waals surface area contributed by atoms with Crippen LogP contribution >= 0.6 is 0 Å². The lowest BCUT2D eigenvalue weighted by molar-refractivity contribution is 0.0332. The average molecular weight is 519 g/mol. The normalized spacial score (nSPS) is 17.4. The minimum Gasteiger partial charge on any atom is -0.379 e. The lowest BCUT2D eigenvalue weighted by atomic mass is 10.0. The van der Waals surface area contributed by atoms with Crippen molar-refractivity contribution in [3.05, 3.63) is 65.1 Å². The van der Waals surface area contributed by atoms with Gasteiger partial charge in [-0.15, -0.1) is 0 Å². The number of para-hydroxylation sites is 1. The molecule has 0 aliphatic carbocycles. The number of benzene rings is 2. The molecular weight excluding hydrogens is 486 g/mol. The predicted molar refractivity (Wildman–Crippen MR) is 143 cm³/mol. The van der Waals surface area contributed by atoms with E-state index in [9.17, 15) is 0 Å². The molecule has 6 rings (SSSR count). The third-order valence-electron chi connectivity index (χ3n) is 7.75. The van der Waals surface area contributed by atoms with E-state index in [1.807, 2.05) is 30.0 Å². The number of rotatable bonds is 5. The molecule has 198 valence electrons. The highest BCUT2D eigenvalue weighted by Gasteiger charge is 2.23. The van der Waals surface area contributed by atoms with Gasteiger partial charge in [0.1, 0.15) is 11.6 Å². The molecule has 0 amide bonds. The Balaban J connectivity index is 1.38. The van der Waals surface area contributed by atoms with Crippen LogP contribution in [0.1, 0.15) is 35.8 Å². The van der Waals surface area contributed by atoms with Crippen molar-refractivity contribution in [2.75, 3.05) is 39.4 Å². The SMILES string of the molecule is Cc1nn(C2CCNCC2)c(C)c1-c1cnc2cccc(-c3cc(F)c(CN4CCOCC4)c(F)c3)c2n1. The summed E-state index contributed by atoms with van der Waals surface area (Å²) in [6.07, 6.45) is 3.84. The van der Waals surface area contributed by atoms with E-state index < -0.39 is 11.6 Å². The van der Waals surface area contributed by atoms with Gasteiger partial charge in [0.2, 0.25) is 0 Å². The number of halogens is 2. The monoisotopic (exact) mass is 518 g/mol. The first-order valence-corrected chi connectivity index (χ1v) is 13.3. The summed E-state index contributed by atoms with van der Waals surface area (Å²) >= 11 is 0. The van der Waals surface area contributed by atoms with Crippen LogP contribution in [0, 0.1) is 25.5 Å². The molecule has 0 bridgehead atoms. The van der Waals surface area contributed by atoms with Gasteiger partial charge < -0.3 is 10.1 Å². The van der Waals surface area contributed by atoms with Crippen LogP contribution in [0.2, 0.25) is 0 Å². The Morgan fingerprint density at radius 1 is 1.05 bits per heavy atom. The molecule has 2 fully saturated rings. The molecule has 2 aliphatic rings. The molecule has 2 aromatic carbocycles. The molecule has 7 nitrogen and oxygen atoms in total. The van der Waals surface area contributed by atoms with Gasteiger partial charge in [-0.2, -0.15) is 5.10 Å². The van der Waals surface area contributed by atoms with Crippen LogP contribution in [0.15, 0.2) is 36.5 Å². The number of ether oxygens (including phenoxy) is 1. The van der Waals surface area contributed by atoms with Crippen LogP contribution in [-0.4, -0.2) is 64.0 Å². The van der Waals surface area contributed by atoms with Crippen LogP contribution in [0.4, 0.5) is 8.78 Å². The molecule has 0 unspecified atom stereocenters. The number of aryl methyl sites for hydroxylation is 1. The summed E-state index contributed by atoms with van der Waals surface area (Å²) in [5, 5.41) is 8.27. The van der Waals surface area contributed by atoms with E-state index in [2.05, 4.69) is 21.9 Å². The summed E-state index contributed by atoms with van der Waals surface area (Å²) in [5.74, 6) is -1.11. The molecule has 0 saturated carbocycles. The van der Waals surface area contributed by atoms with Crippen LogP contribution in [0.5, 0.6) is 0 Å². The fourth-order valence-corrected chi connectivity index (χ4v) is 5.72. The van der Waals surface area contributed by atoms with Gasteiger partial charge >= 0.3 is 0 Å². The Kier molecular flexibility index (Phi) is 6.90. The fraction of sp³-hybridized carbons (Fsp3) is 0.414. The number of fused-ring (bicyclic) bond motifs is 1. The average Bonchev–Trinajstić information content (AvgIpc) is 3.24. The highest BCUT2D eigenvalue weighted by atomic mass is 19.1. The number of hydrogen-bond acceptors (Lipinski definition) is 6. The topological polar surface area (TPSA) is 68.1 Å². The van der Waals surface area contributed by atoms with E-state index in [0.717, 1.165) is 42.9 Å². The zero-order valence-electron chi connectivity index (χ0n) is 21.8. The molecule has 0 atom stereocenters. The molecular formula is C29H32F2N6O. The predicted octanol–water partition coefficient (Wildman–Crippen LogP) is 4.81. The summed E-state index contributed by atoms with van der Waals surface area (Å²) in [4.78, 5) is 11.7. The van der Waals surface area contributed by atoms with Crippen LogP contribution < -0.4 is 5.32 Å². The summed E-state index contributed by atoms with van der Waals surface area (Å²) in [6, 6.07) is 8.73. The van der Waals surface area contributed by atoms with Crippen molar-refractivity contribution >= 4 is 11.0 Å². The van der Waals surface area contributed by atoms with Gasteiger partial charge in [0.05, 0.1) is 47.9 Å². The number of nitrogens with zero attached hydrogens (tertiary/aromatic N) is 5. The first-order valence-electron chi connectivity index (χ1n) is 13.3. The second-order valence-electron chi connectivity index (χ2n) is 10.2. The van der Waals surface area contributed by atoms with Crippen LogP contribution in [0.25, 0.3) is 33.4 Å². The van der Waals surface area contributed by atoms with E-state index in [1.165, 1.54) is 12.1 Å². The maximum Gasteiger partial charge on any atom is 0.131 e. The number of aromatic nitrogens is 4. The molecule has 4 aromatic rings. The first kappa shape index (κ1) is 25.0. The number of nitrogens with one attached hydrogen (secondary N) is 1. The maximum atomic E-state index is 15.2. The highest BCUT2D eigenvalue weighted by molar-refractivity contribution is 5.92. The zero-order chi connectivity index (χ0) is 26.2. The minimum absolute atomic E-state index is 0.0826. The van der Waals surface area contributed by atoms with Crippen molar-refractivity contribution < 1.29 is 13.5 Å². The quantitative estimate of drug-likeness (QED) is 0.409. The molecule has 2 aromatic heterocycles. The van der Waals surface area contributed by atoms with Crippen molar-refractivity contribution in [3.63, 3.8) is 0 Å². The van der Waals surface area contributed by atoms with Gasteiger partial charge in [-0.05, 0) is 63.5 Å². The number of hydrogen-bond donors (Lipinski definition) is 1. The molecule has 1 N–H and O–H groups in total. The van der Waals surface area contributed by atoms with Crippen LogP contribution in [0.3, 0.4) is 0 Å². The molecule has 0 radical (unpaired) electrons. The molecule has 38 heavy (non-hydrogen) atoms. The van der Waals surface area contributed by atoms with E-state index in [4.69, 9.17) is 14.8 Å². The molecule has 2 aliphatic heterocycles. The Labute approximate surface area is 220 Å². The van der Waals surface area contributed by atoms with Gasteiger partial charge in [-0.3, -0.25) is 14.6 Å². The third-order valence-corrected chi connectivity index (χ3v) is 7.75. The maximum absolute atomic E-state index is 15.2. The largest absolute Gasteiger partial charge is 0.379 e. The number of piperidine rings is 1. The fourth-order valence-electron chi connectivity index (χ4n) is 5.72. The molecule has 0 spiro atoms. The van der Waals surface area contributed by atoms with Crippen molar-refractivity contribution in [3.8, 4) is 22.4 Å². The summed E-state index contributed by atoms with van der Waals surface area (Å²) in [5.41, 5.74) is 6.09. The van der Waals surface area contributed by atoms with Crippen LogP contribution in [-0.2, 0) is 11.3 Å². The van der Waals surface area contributed by atoms with Gasteiger partial charge in [0.25, 0.3) is 0 Å². The second kappa shape index (κ2) is 10.5. The van der Waals surface area contributed by atoms with Crippen molar-refractivity contribution in [1.82, 2.24) is 30.0 Å². The van der Waals surface area contributed by atoms with E-state index in [-0.39, 0.29) is 12.1 Å². The molecule has 4 heterocycles. The van der Waals surface area contributed by atoms with Crippen molar-refractivity contribution in [2.24, 2.45) is 0 Å².